The minimum atomic E-state index is -1.03. The second-order valence-corrected chi connectivity index (χ2v) is 7.95. The number of nitrogens with zero attached hydrogens (tertiary/aromatic N) is 3. The molecule has 1 saturated heterocycles. The lowest BCUT2D eigenvalue weighted by Gasteiger charge is -2.32. The Morgan fingerprint density at radius 1 is 1.08 bits per heavy atom. The molecule has 5 nitrogen and oxygen atoms in total. The third kappa shape index (κ3) is 3.33. The van der Waals surface area contributed by atoms with Crippen LogP contribution in [-0.4, -0.2) is 33.3 Å². The number of aromatic nitrogens is 3. The molecule has 1 fully saturated rings. The van der Waals surface area contributed by atoms with E-state index in [0.717, 1.165) is 16.8 Å². The van der Waals surface area contributed by atoms with Crippen LogP contribution < -0.4 is 0 Å². The van der Waals surface area contributed by atoms with Gasteiger partial charge in [-0.1, -0.05) is 22.9 Å². The van der Waals surface area contributed by atoms with Crippen molar-refractivity contribution in [2.24, 2.45) is 0 Å². The average molecular weight is 357 g/mol. The molecule has 0 amide bonds. The second kappa shape index (κ2) is 6.32. The van der Waals surface area contributed by atoms with E-state index in [1.165, 1.54) is 11.6 Å². The molecule has 3 rings (SSSR count). The first-order chi connectivity index (χ1) is 12.0. The molecule has 0 unspecified atom stereocenters. The summed E-state index contributed by atoms with van der Waals surface area (Å²) in [4.78, 5) is 0. The van der Waals surface area contributed by atoms with Gasteiger partial charge in [-0.05, 0) is 65.7 Å². The highest BCUT2D eigenvalue weighted by Crippen LogP contribution is 2.39. The molecule has 7 heteroatoms. The van der Waals surface area contributed by atoms with Crippen LogP contribution in [0, 0.1) is 20.8 Å². The van der Waals surface area contributed by atoms with Crippen molar-refractivity contribution in [2.75, 3.05) is 0 Å². The van der Waals surface area contributed by atoms with Gasteiger partial charge in [-0.25, -0.2) is 9.07 Å². The van der Waals surface area contributed by atoms with Crippen molar-refractivity contribution in [1.29, 1.82) is 0 Å². The summed E-state index contributed by atoms with van der Waals surface area (Å²) >= 11 is 0. The van der Waals surface area contributed by atoms with Gasteiger partial charge in [0.2, 0.25) is 0 Å². The maximum Gasteiger partial charge on any atom is 0.525 e. The Hall–Kier alpha value is -1.99. The molecule has 138 valence electrons. The van der Waals surface area contributed by atoms with E-state index in [4.69, 9.17) is 9.31 Å². The van der Waals surface area contributed by atoms with Gasteiger partial charge in [0, 0.05) is 0 Å². The lowest BCUT2D eigenvalue weighted by molar-refractivity contribution is 0.00578. The van der Waals surface area contributed by atoms with E-state index in [1.807, 2.05) is 41.5 Å². The van der Waals surface area contributed by atoms with Gasteiger partial charge in [-0.15, -0.1) is 5.10 Å². The third-order valence-electron chi connectivity index (χ3n) is 5.14. The molecule has 0 N–H and O–H groups in total. The molecule has 26 heavy (non-hydrogen) atoms. The molecule has 0 spiro atoms. The Bertz CT molecular complexity index is 834. The fourth-order valence-electron chi connectivity index (χ4n) is 3.15. The van der Waals surface area contributed by atoms with Crippen LogP contribution in [-0.2, 0) is 9.31 Å². The molecule has 0 radical (unpaired) electrons. The van der Waals surface area contributed by atoms with Crippen molar-refractivity contribution in [3.05, 3.63) is 46.4 Å². The lowest BCUT2D eigenvalue weighted by Crippen LogP contribution is -2.41. The van der Waals surface area contributed by atoms with Crippen LogP contribution in [0.3, 0.4) is 0 Å². The van der Waals surface area contributed by atoms with E-state index in [2.05, 4.69) is 29.4 Å². The van der Waals surface area contributed by atoms with Crippen molar-refractivity contribution in [1.82, 2.24) is 15.0 Å². The van der Waals surface area contributed by atoms with Gasteiger partial charge >= 0.3 is 7.12 Å². The summed E-state index contributed by atoms with van der Waals surface area (Å²) in [5.41, 5.74) is 3.05. The van der Waals surface area contributed by atoms with Crippen molar-refractivity contribution < 1.29 is 13.7 Å². The number of benzene rings is 1. The molecule has 0 aliphatic carbocycles. The molecule has 2 heterocycles. The molecule has 1 aliphatic rings. The Kier molecular flexibility index (Phi) is 4.57. The number of aryl methyl sites for hydroxylation is 3. The predicted molar refractivity (Wildman–Crippen MR) is 101 cm³/mol. The van der Waals surface area contributed by atoms with Gasteiger partial charge in [0.25, 0.3) is 0 Å². The summed E-state index contributed by atoms with van der Waals surface area (Å²) in [5.74, 6) is 0. The van der Waals surface area contributed by atoms with Crippen LogP contribution in [0.1, 0.15) is 50.1 Å². The Morgan fingerprint density at radius 3 is 2.15 bits per heavy atom. The van der Waals surface area contributed by atoms with Gasteiger partial charge in [-0.3, -0.25) is 0 Å². The van der Waals surface area contributed by atoms with Crippen molar-refractivity contribution >= 4 is 13.2 Å². The second-order valence-electron chi connectivity index (χ2n) is 7.95. The molecule has 0 saturated carbocycles. The van der Waals surface area contributed by atoms with E-state index < -0.39 is 24.0 Å². The summed E-state index contributed by atoms with van der Waals surface area (Å²) in [5, 5.41) is 8.22. The molecule has 0 atom stereocenters. The zero-order valence-corrected chi connectivity index (χ0v) is 16.4. The normalized spacial score (nSPS) is 19.2. The molecular weight excluding hydrogens is 332 g/mol. The summed E-state index contributed by atoms with van der Waals surface area (Å²) in [6.45, 7) is 13.7. The standard InChI is InChI=1S/C19H25BFN3O2/c1-12-8-13(2)17(14(3)9-12)24-11-15(22-23-24)10-16(21)20-25-18(4,5)19(6,7)26-20/h8-11H,1-7H3. The van der Waals surface area contributed by atoms with Gasteiger partial charge in [-0.2, -0.15) is 0 Å². The Labute approximate surface area is 154 Å². The number of rotatable bonds is 3. The summed E-state index contributed by atoms with van der Waals surface area (Å²) in [6.07, 6.45) is 3.01. The van der Waals surface area contributed by atoms with Crippen LogP contribution in [0.25, 0.3) is 11.8 Å². The maximum absolute atomic E-state index is 14.6. The van der Waals surface area contributed by atoms with Crippen LogP contribution in [0.4, 0.5) is 4.39 Å². The minimum Gasteiger partial charge on any atom is -0.398 e. The van der Waals surface area contributed by atoms with Gasteiger partial charge < -0.3 is 9.31 Å². The van der Waals surface area contributed by atoms with Crippen molar-refractivity contribution in [2.45, 2.75) is 59.7 Å². The van der Waals surface area contributed by atoms with E-state index in [1.54, 1.807) is 10.9 Å². The van der Waals surface area contributed by atoms with Gasteiger partial charge in [0.1, 0.15) is 11.4 Å². The maximum atomic E-state index is 14.6. The fraction of sp³-hybridized carbons (Fsp3) is 0.474. The predicted octanol–water partition coefficient (Wildman–Crippen LogP) is 4.13. The molecule has 1 aromatic carbocycles. The monoisotopic (exact) mass is 357 g/mol. The first kappa shape index (κ1) is 18.8. The highest BCUT2D eigenvalue weighted by molar-refractivity contribution is 6.54. The number of hydrogen-bond acceptors (Lipinski definition) is 4. The third-order valence-corrected chi connectivity index (χ3v) is 5.14. The van der Waals surface area contributed by atoms with E-state index in [0.29, 0.717) is 5.69 Å². The van der Waals surface area contributed by atoms with E-state index in [-0.39, 0.29) is 0 Å². The Morgan fingerprint density at radius 2 is 1.62 bits per heavy atom. The smallest absolute Gasteiger partial charge is 0.398 e. The van der Waals surface area contributed by atoms with Gasteiger partial charge in [0.15, 0.2) is 0 Å². The number of halogens is 1. The van der Waals surface area contributed by atoms with E-state index in [9.17, 15) is 4.39 Å². The highest BCUT2D eigenvalue weighted by Gasteiger charge is 2.53. The fourth-order valence-corrected chi connectivity index (χ4v) is 3.15. The van der Waals surface area contributed by atoms with Gasteiger partial charge in [0.05, 0.1) is 23.1 Å². The van der Waals surface area contributed by atoms with Crippen LogP contribution in [0.5, 0.6) is 0 Å². The van der Waals surface area contributed by atoms with Crippen molar-refractivity contribution in [3.8, 4) is 5.69 Å². The zero-order valence-electron chi connectivity index (χ0n) is 16.4. The minimum absolute atomic E-state index is 0.414. The zero-order chi connectivity index (χ0) is 19.3. The molecule has 0 bridgehead atoms. The quantitative estimate of drug-likeness (QED) is 0.775. The topological polar surface area (TPSA) is 49.2 Å². The van der Waals surface area contributed by atoms with Crippen LogP contribution in [0.2, 0.25) is 0 Å². The molecule has 1 aromatic heterocycles. The lowest BCUT2D eigenvalue weighted by atomic mass is 9.87. The molecular formula is C19H25BFN3O2. The molecule has 1 aliphatic heterocycles. The Balaban J connectivity index is 1.86. The van der Waals surface area contributed by atoms with E-state index >= 15 is 0 Å². The average Bonchev–Trinajstić information content (AvgIpc) is 3.00. The first-order valence-corrected chi connectivity index (χ1v) is 8.73. The van der Waals surface area contributed by atoms with Crippen LogP contribution >= 0.6 is 0 Å². The van der Waals surface area contributed by atoms with Crippen molar-refractivity contribution in [3.63, 3.8) is 0 Å². The first-order valence-electron chi connectivity index (χ1n) is 8.73. The summed E-state index contributed by atoms with van der Waals surface area (Å²) in [7, 11) is -1.03. The SMILES string of the molecule is Cc1cc(C)c(-n2cc(C=C(F)B3OC(C)(C)C(C)(C)O3)nn2)c(C)c1. The van der Waals surface area contributed by atoms with Crippen LogP contribution in [0.15, 0.2) is 24.1 Å². The summed E-state index contributed by atoms with van der Waals surface area (Å²) in [6, 6.07) is 4.18. The number of hydrogen-bond donors (Lipinski definition) is 0. The largest absolute Gasteiger partial charge is 0.525 e. The highest BCUT2D eigenvalue weighted by atomic mass is 19.1. The molecule has 2 aromatic rings. The summed E-state index contributed by atoms with van der Waals surface area (Å²) < 4.78 is 27.8.